The van der Waals surface area contributed by atoms with Gasteiger partial charge in [-0.25, -0.2) is 9.59 Å². The summed E-state index contributed by atoms with van der Waals surface area (Å²) in [6.07, 6.45) is 0.212. The molecule has 53 heavy (non-hydrogen) atoms. The number of benzene rings is 3. The molecule has 9 nitrogen and oxygen atoms in total. The second-order valence-corrected chi connectivity index (χ2v) is 17.3. The quantitative estimate of drug-likeness (QED) is 0.148. The lowest BCUT2D eigenvalue weighted by Gasteiger charge is -2.34. The van der Waals surface area contributed by atoms with Gasteiger partial charge in [0.15, 0.2) is 0 Å². The van der Waals surface area contributed by atoms with E-state index in [1.54, 1.807) is 25.7 Å². The van der Waals surface area contributed by atoms with Crippen LogP contribution in [-0.2, 0) is 38.6 Å². The van der Waals surface area contributed by atoms with Crippen molar-refractivity contribution >= 4 is 18.0 Å². The third-order valence-electron chi connectivity index (χ3n) is 7.81. The van der Waals surface area contributed by atoms with Crippen molar-refractivity contribution in [2.24, 2.45) is 11.8 Å². The maximum atomic E-state index is 14.3. The molecule has 1 N–H and O–H groups in total. The molecule has 3 aromatic rings. The molecule has 0 aliphatic carbocycles. The molecule has 0 radical (unpaired) electrons. The van der Waals surface area contributed by atoms with Crippen molar-refractivity contribution in [3.63, 3.8) is 0 Å². The van der Waals surface area contributed by atoms with Gasteiger partial charge in [-0.3, -0.25) is 9.69 Å². The fourth-order valence-electron chi connectivity index (χ4n) is 5.81. The van der Waals surface area contributed by atoms with Gasteiger partial charge in [-0.1, -0.05) is 86.6 Å². The monoisotopic (exact) mass is 729 g/mol. The Morgan fingerprint density at radius 3 is 1.55 bits per heavy atom. The van der Waals surface area contributed by atoms with Gasteiger partial charge in [0.25, 0.3) is 0 Å². The standard InChI is InChI=1S/C44H63N3O6/c1-32(2)27-47(41(50)45-38(40(49)53-44(9,10)11)26-33-22-24-37(25-23-33)51-42(3,4)5)31-36(39(48)52-43(6,7)8)30-46(28-34-18-14-12-15-19-34)29-35-20-16-13-17-21-35/h12-25,32,36,38H,26-31H2,1-11H3,(H,45,50)/t36-,38+/m1/s1. The van der Waals surface area contributed by atoms with Crippen LogP contribution in [0.2, 0.25) is 0 Å². The third kappa shape index (κ3) is 16.9. The molecule has 3 rings (SSSR count). The second-order valence-electron chi connectivity index (χ2n) is 17.3. The van der Waals surface area contributed by atoms with E-state index in [9.17, 15) is 14.4 Å². The summed E-state index contributed by atoms with van der Waals surface area (Å²) in [4.78, 5) is 45.8. The first-order valence-electron chi connectivity index (χ1n) is 18.7. The van der Waals surface area contributed by atoms with E-state index in [0.717, 1.165) is 16.7 Å². The summed E-state index contributed by atoms with van der Waals surface area (Å²) in [5, 5.41) is 2.99. The second kappa shape index (κ2) is 19.1. The fourth-order valence-corrected chi connectivity index (χ4v) is 5.81. The van der Waals surface area contributed by atoms with Crippen molar-refractivity contribution in [3.05, 3.63) is 102 Å². The van der Waals surface area contributed by atoms with Gasteiger partial charge in [-0.05, 0) is 97.1 Å². The van der Waals surface area contributed by atoms with Crippen LogP contribution < -0.4 is 10.1 Å². The maximum absolute atomic E-state index is 14.3. The molecule has 9 heteroatoms. The zero-order valence-corrected chi connectivity index (χ0v) is 33.9. The highest BCUT2D eigenvalue weighted by Crippen LogP contribution is 2.22. The molecule has 0 fully saturated rings. The Bertz CT molecular complexity index is 1530. The van der Waals surface area contributed by atoms with Crippen LogP contribution in [-0.4, -0.2) is 70.2 Å². The first-order valence-corrected chi connectivity index (χ1v) is 18.7. The lowest BCUT2D eigenvalue weighted by Crippen LogP contribution is -2.53. The number of hydrogen-bond acceptors (Lipinski definition) is 7. The lowest BCUT2D eigenvalue weighted by atomic mass is 10.0. The zero-order chi connectivity index (χ0) is 39.4. The number of esters is 2. The first-order chi connectivity index (χ1) is 24.7. The number of rotatable bonds is 16. The molecular formula is C44H63N3O6. The average Bonchev–Trinajstić information content (AvgIpc) is 3.03. The molecule has 0 saturated carbocycles. The van der Waals surface area contributed by atoms with E-state index in [4.69, 9.17) is 14.2 Å². The summed E-state index contributed by atoms with van der Waals surface area (Å²) in [5.74, 6) is -0.803. The van der Waals surface area contributed by atoms with Crippen molar-refractivity contribution in [2.75, 3.05) is 19.6 Å². The van der Waals surface area contributed by atoms with Gasteiger partial charge in [0.1, 0.15) is 28.6 Å². The van der Waals surface area contributed by atoms with E-state index in [-0.39, 0.29) is 30.5 Å². The van der Waals surface area contributed by atoms with Gasteiger partial charge in [-0.15, -0.1) is 0 Å². The van der Waals surface area contributed by atoms with Crippen LogP contribution in [0.25, 0.3) is 0 Å². The summed E-state index contributed by atoms with van der Waals surface area (Å²) < 4.78 is 17.7. The van der Waals surface area contributed by atoms with Gasteiger partial charge in [0, 0.05) is 39.1 Å². The largest absolute Gasteiger partial charge is 0.488 e. The van der Waals surface area contributed by atoms with Gasteiger partial charge < -0.3 is 24.4 Å². The molecule has 0 heterocycles. The Hall–Kier alpha value is -4.37. The number of carbonyl (C=O) groups is 3. The highest BCUT2D eigenvalue weighted by molar-refractivity contribution is 5.84. The summed E-state index contributed by atoms with van der Waals surface area (Å²) in [6.45, 7) is 22.9. The van der Waals surface area contributed by atoms with E-state index in [2.05, 4.69) is 34.5 Å². The molecule has 0 bridgehead atoms. The van der Waals surface area contributed by atoms with Crippen LogP contribution >= 0.6 is 0 Å². The molecule has 0 unspecified atom stereocenters. The molecule has 0 aliphatic rings. The van der Waals surface area contributed by atoms with Crippen LogP contribution in [0.3, 0.4) is 0 Å². The van der Waals surface area contributed by atoms with Crippen molar-refractivity contribution in [2.45, 2.75) is 119 Å². The van der Waals surface area contributed by atoms with Crippen molar-refractivity contribution in [3.8, 4) is 5.75 Å². The van der Waals surface area contributed by atoms with E-state index < -0.39 is 35.2 Å². The van der Waals surface area contributed by atoms with Crippen LogP contribution in [0.1, 0.15) is 92.9 Å². The van der Waals surface area contributed by atoms with Crippen molar-refractivity contribution in [1.29, 1.82) is 0 Å². The lowest BCUT2D eigenvalue weighted by molar-refractivity contribution is -0.161. The number of carbonyl (C=O) groups excluding carboxylic acids is 3. The van der Waals surface area contributed by atoms with E-state index >= 15 is 0 Å². The maximum Gasteiger partial charge on any atom is 0.329 e. The number of hydrogen-bond donors (Lipinski definition) is 1. The number of amides is 2. The fraction of sp³-hybridized carbons (Fsp3) is 0.523. The van der Waals surface area contributed by atoms with Crippen LogP contribution in [0, 0.1) is 11.8 Å². The molecule has 2 amide bonds. The molecule has 0 aromatic heterocycles. The summed E-state index contributed by atoms with van der Waals surface area (Å²) in [7, 11) is 0. The molecule has 2 atom stereocenters. The minimum Gasteiger partial charge on any atom is -0.488 e. The van der Waals surface area contributed by atoms with Crippen molar-refractivity contribution < 1.29 is 28.6 Å². The predicted octanol–water partition coefficient (Wildman–Crippen LogP) is 8.44. The van der Waals surface area contributed by atoms with Crippen LogP contribution in [0.5, 0.6) is 5.75 Å². The highest BCUT2D eigenvalue weighted by atomic mass is 16.6. The van der Waals surface area contributed by atoms with Gasteiger partial charge in [-0.2, -0.15) is 0 Å². The smallest absolute Gasteiger partial charge is 0.329 e. The van der Waals surface area contributed by atoms with E-state index in [1.165, 1.54) is 0 Å². The Labute approximate surface area is 318 Å². The molecule has 290 valence electrons. The third-order valence-corrected chi connectivity index (χ3v) is 7.81. The molecule has 0 aliphatic heterocycles. The van der Waals surface area contributed by atoms with E-state index in [1.807, 2.05) is 116 Å². The summed E-state index contributed by atoms with van der Waals surface area (Å²) in [6, 6.07) is 26.4. The number of nitrogens with zero attached hydrogens (tertiary/aromatic N) is 2. The first kappa shape index (κ1) is 43.0. The van der Waals surface area contributed by atoms with Gasteiger partial charge in [0.2, 0.25) is 0 Å². The van der Waals surface area contributed by atoms with Gasteiger partial charge >= 0.3 is 18.0 Å². The zero-order valence-electron chi connectivity index (χ0n) is 33.9. The normalized spacial score (nSPS) is 13.3. The molecule has 0 saturated heterocycles. The summed E-state index contributed by atoms with van der Waals surface area (Å²) >= 11 is 0. The Morgan fingerprint density at radius 2 is 1.09 bits per heavy atom. The number of ether oxygens (including phenoxy) is 3. The van der Waals surface area contributed by atoms with Crippen molar-refractivity contribution in [1.82, 2.24) is 15.1 Å². The SMILES string of the molecule is CC(C)CN(C[C@@H](CN(Cc1ccccc1)Cc1ccccc1)C(=O)OC(C)(C)C)C(=O)N[C@@H](Cc1ccc(OC(C)(C)C)cc1)C(=O)OC(C)(C)C. The number of urea groups is 1. The molecular weight excluding hydrogens is 666 g/mol. The Morgan fingerprint density at radius 1 is 0.604 bits per heavy atom. The topological polar surface area (TPSA) is 97.4 Å². The Balaban J connectivity index is 1.94. The van der Waals surface area contributed by atoms with Crippen LogP contribution in [0.15, 0.2) is 84.9 Å². The molecule has 3 aromatic carbocycles. The minimum absolute atomic E-state index is 0.0834. The van der Waals surface area contributed by atoms with Crippen LogP contribution in [0.4, 0.5) is 4.79 Å². The molecule has 0 spiro atoms. The minimum atomic E-state index is -0.974. The summed E-state index contributed by atoms with van der Waals surface area (Å²) in [5.41, 5.74) is 1.22. The Kier molecular flexibility index (Phi) is 15.5. The van der Waals surface area contributed by atoms with Gasteiger partial charge in [0.05, 0.1) is 5.92 Å². The van der Waals surface area contributed by atoms with E-state index in [0.29, 0.717) is 31.9 Å². The predicted molar refractivity (Wildman–Crippen MR) is 211 cm³/mol. The number of nitrogens with one attached hydrogen (secondary N) is 1. The average molecular weight is 730 g/mol. The highest BCUT2D eigenvalue weighted by Gasteiger charge is 2.34.